The highest BCUT2D eigenvalue weighted by Crippen LogP contribution is 2.32. The van der Waals surface area contributed by atoms with E-state index in [2.05, 4.69) is 20.9 Å². The third-order valence-electron chi connectivity index (χ3n) is 3.25. The number of thiophene rings is 1. The van der Waals surface area contributed by atoms with Gasteiger partial charge in [-0.25, -0.2) is 4.98 Å². The number of carbonyl (C=O) groups excluding carboxylic acids is 1. The summed E-state index contributed by atoms with van der Waals surface area (Å²) in [4.78, 5) is 19.8. The van der Waals surface area contributed by atoms with Crippen LogP contribution in [0.25, 0.3) is 9.88 Å². The van der Waals surface area contributed by atoms with Gasteiger partial charge in [0.15, 0.2) is 0 Å². The average Bonchev–Trinajstić information content (AvgIpc) is 3.06. The molecule has 1 amide bonds. The summed E-state index contributed by atoms with van der Waals surface area (Å²) in [5, 5.41) is 4.75. The van der Waals surface area contributed by atoms with E-state index in [1.165, 1.54) is 11.3 Å². The summed E-state index contributed by atoms with van der Waals surface area (Å²) < 4.78 is 1.04. The Balaban J connectivity index is 0.00000121. The number of rotatable bonds is 2. The van der Waals surface area contributed by atoms with Crippen molar-refractivity contribution in [3.8, 4) is 9.88 Å². The van der Waals surface area contributed by atoms with Crippen LogP contribution in [0.2, 0.25) is 0 Å². The monoisotopic (exact) mass is 443 g/mol. The van der Waals surface area contributed by atoms with Gasteiger partial charge in [-0.05, 0) is 34.8 Å². The number of aromatic nitrogens is 1. The smallest absolute Gasteiger partial charge is 0.273 e. The SMILES string of the molecule is Cl.Cl.NC1CCCN(C(=O)c2csc(-c3cc(Br)cs3)n2)C1. The molecule has 0 aromatic carbocycles. The van der Waals surface area contributed by atoms with Gasteiger partial charge in [0.25, 0.3) is 5.91 Å². The lowest BCUT2D eigenvalue weighted by Gasteiger charge is -2.30. The Morgan fingerprint density at radius 1 is 1.36 bits per heavy atom. The van der Waals surface area contributed by atoms with E-state index in [1.54, 1.807) is 11.3 Å². The molecule has 2 aromatic rings. The molecule has 122 valence electrons. The summed E-state index contributed by atoms with van der Waals surface area (Å²) in [6.07, 6.45) is 1.97. The molecule has 1 aliphatic rings. The van der Waals surface area contributed by atoms with E-state index in [0.717, 1.165) is 33.7 Å². The molecule has 3 heterocycles. The van der Waals surface area contributed by atoms with Gasteiger partial charge in [-0.1, -0.05) is 0 Å². The van der Waals surface area contributed by atoms with Crippen molar-refractivity contribution in [3.05, 3.63) is 27.0 Å². The molecule has 0 aliphatic carbocycles. The van der Waals surface area contributed by atoms with Crippen LogP contribution in [0.3, 0.4) is 0 Å². The fourth-order valence-electron chi connectivity index (χ4n) is 2.27. The van der Waals surface area contributed by atoms with Gasteiger partial charge in [0, 0.05) is 34.4 Å². The molecular formula is C13H16BrCl2N3OS2. The van der Waals surface area contributed by atoms with Crippen LogP contribution in [0, 0.1) is 0 Å². The number of hydrogen-bond donors (Lipinski definition) is 1. The van der Waals surface area contributed by atoms with Gasteiger partial charge in [0.2, 0.25) is 0 Å². The van der Waals surface area contributed by atoms with Crippen molar-refractivity contribution < 1.29 is 4.79 Å². The minimum absolute atomic E-state index is 0. The van der Waals surface area contributed by atoms with Crippen molar-refractivity contribution in [3.63, 3.8) is 0 Å². The fourth-order valence-corrected chi connectivity index (χ4v) is 4.57. The number of halogens is 3. The predicted molar refractivity (Wildman–Crippen MR) is 101 cm³/mol. The van der Waals surface area contributed by atoms with Crippen molar-refractivity contribution in [2.75, 3.05) is 13.1 Å². The van der Waals surface area contributed by atoms with Crippen molar-refractivity contribution in [2.24, 2.45) is 5.73 Å². The maximum Gasteiger partial charge on any atom is 0.273 e. The summed E-state index contributed by atoms with van der Waals surface area (Å²) >= 11 is 6.56. The average molecular weight is 445 g/mol. The number of amides is 1. The molecule has 1 atom stereocenters. The Labute approximate surface area is 158 Å². The number of likely N-dealkylation sites (tertiary alicyclic amines) is 1. The second-order valence-electron chi connectivity index (χ2n) is 4.82. The lowest BCUT2D eigenvalue weighted by Crippen LogP contribution is -2.45. The van der Waals surface area contributed by atoms with Crippen molar-refractivity contribution in [1.29, 1.82) is 0 Å². The summed E-state index contributed by atoms with van der Waals surface area (Å²) in [5.41, 5.74) is 6.46. The van der Waals surface area contributed by atoms with Gasteiger partial charge in [-0.3, -0.25) is 4.79 Å². The van der Waals surface area contributed by atoms with Gasteiger partial charge in [-0.2, -0.15) is 0 Å². The van der Waals surface area contributed by atoms with Crippen LogP contribution in [-0.2, 0) is 0 Å². The molecule has 1 unspecified atom stereocenters. The normalized spacial score (nSPS) is 17.5. The molecule has 9 heteroatoms. The van der Waals surface area contributed by atoms with Gasteiger partial charge in [-0.15, -0.1) is 47.5 Å². The molecular weight excluding hydrogens is 429 g/mol. The highest BCUT2D eigenvalue weighted by atomic mass is 79.9. The topological polar surface area (TPSA) is 59.2 Å². The van der Waals surface area contributed by atoms with Crippen LogP contribution in [0.4, 0.5) is 0 Å². The first-order chi connectivity index (χ1) is 9.63. The van der Waals surface area contributed by atoms with Crippen LogP contribution in [-0.4, -0.2) is 34.9 Å². The first-order valence-electron chi connectivity index (χ1n) is 6.38. The molecule has 22 heavy (non-hydrogen) atoms. The van der Waals surface area contributed by atoms with Crippen LogP contribution < -0.4 is 5.73 Å². The Kier molecular flexibility index (Phi) is 7.78. The highest BCUT2D eigenvalue weighted by Gasteiger charge is 2.24. The van der Waals surface area contributed by atoms with E-state index in [0.29, 0.717) is 12.2 Å². The first-order valence-corrected chi connectivity index (χ1v) is 8.93. The molecule has 1 saturated heterocycles. The van der Waals surface area contributed by atoms with Crippen LogP contribution in [0.5, 0.6) is 0 Å². The molecule has 4 nitrogen and oxygen atoms in total. The Morgan fingerprint density at radius 3 is 2.77 bits per heavy atom. The van der Waals surface area contributed by atoms with Gasteiger partial charge < -0.3 is 10.6 Å². The maximum absolute atomic E-state index is 12.4. The fraction of sp³-hybridized carbons (Fsp3) is 0.385. The minimum Gasteiger partial charge on any atom is -0.336 e. The zero-order valence-corrected chi connectivity index (χ0v) is 16.4. The summed E-state index contributed by atoms with van der Waals surface area (Å²) in [6, 6.07) is 2.12. The van der Waals surface area contributed by atoms with Crippen LogP contribution in [0.1, 0.15) is 23.3 Å². The lowest BCUT2D eigenvalue weighted by atomic mass is 10.1. The van der Waals surface area contributed by atoms with E-state index in [-0.39, 0.29) is 36.8 Å². The number of carbonyl (C=O) groups is 1. The molecule has 0 bridgehead atoms. The van der Waals surface area contributed by atoms with E-state index in [4.69, 9.17) is 5.73 Å². The van der Waals surface area contributed by atoms with E-state index >= 15 is 0 Å². The molecule has 0 spiro atoms. The third kappa shape index (κ3) is 4.43. The zero-order valence-electron chi connectivity index (χ0n) is 11.5. The Bertz CT molecular complexity index is 634. The summed E-state index contributed by atoms with van der Waals surface area (Å²) in [7, 11) is 0. The minimum atomic E-state index is -0.00160. The molecule has 0 radical (unpaired) electrons. The molecule has 2 aromatic heterocycles. The second-order valence-corrected chi connectivity index (χ2v) is 7.51. The number of thiazole rings is 1. The van der Waals surface area contributed by atoms with Crippen molar-refractivity contribution in [1.82, 2.24) is 9.88 Å². The van der Waals surface area contributed by atoms with Crippen molar-refractivity contribution in [2.45, 2.75) is 18.9 Å². The Morgan fingerprint density at radius 2 is 2.14 bits per heavy atom. The number of nitrogens with two attached hydrogens (primary N) is 1. The van der Waals surface area contributed by atoms with E-state index < -0.39 is 0 Å². The number of hydrogen-bond acceptors (Lipinski definition) is 5. The zero-order chi connectivity index (χ0) is 14.1. The summed E-state index contributed by atoms with van der Waals surface area (Å²) in [5.74, 6) is -0.00160. The van der Waals surface area contributed by atoms with Gasteiger partial charge >= 0.3 is 0 Å². The predicted octanol–water partition coefficient (Wildman–Crippen LogP) is 4.04. The molecule has 3 rings (SSSR count). The maximum atomic E-state index is 12.4. The molecule has 1 aliphatic heterocycles. The van der Waals surface area contributed by atoms with Crippen LogP contribution in [0.15, 0.2) is 21.3 Å². The highest BCUT2D eigenvalue weighted by molar-refractivity contribution is 9.10. The molecule has 0 saturated carbocycles. The quantitative estimate of drug-likeness (QED) is 0.760. The largest absolute Gasteiger partial charge is 0.336 e. The number of nitrogens with zero attached hydrogens (tertiary/aromatic N) is 2. The lowest BCUT2D eigenvalue weighted by molar-refractivity contribution is 0.0704. The van der Waals surface area contributed by atoms with Gasteiger partial charge in [0.1, 0.15) is 10.7 Å². The van der Waals surface area contributed by atoms with E-state index in [9.17, 15) is 4.79 Å². The Hall–Kier alpha value is -0.180. The molecule has 1 fully saturated rings. The molecule has 2 N–H and O–H groups in total. The second kappa shape index (κ2) is 8.61. The first kappa shape index (κ1) is 19.9. The standard InChI is InChI=1S/C13H14BrN3OS2.2ClH/c14-8-4-11(19-6-8)12-16-10(7-20-12)13(18)17-3-1-2-9(15)5-17;;/h4,6-7,9H,1-3,5,15H2;2*1H. The van der Waals surface area contributed by atoms with E-state index in [1.807, 2.05) is 21.7 Å². The van der Waals surface area contributed by atoms with Crippen molar-refractivity contribution >= 4 is 69.3 Å². The van der Waals surface area contributed by atoms with Crippen LogP contribution >= 0.6 is 63.4 Å². The third-order valence-corrected chi connectivity index (χ3v) is 5.95. The number of piperidine rings is 1. The van der Waals surface area contributed by atoms with Gasteiger partial charge in [0.05, 0.1) is 4.88 Å². The summed E-state index contributed by atoms with van der Waals surface area (Å²) in [6.45, 7) is 1.42.